The third-order valence-electron chi connectivity index (χ3n) is 1.80. The molecule has 0 radical (unpaired) electrons. The van der Waals surface area contributed by atoms with Gasteiger partial charge in [0.1, 0.15) is 18.1 Å². The molecule has 0 aliphatic heterocycles. The Labute approximate surface area is 99.4 Å². The molecular formula is C10H16N4O3. The molecule has 1 rings (SSSR count). The molecule has 3 N–H and O–H groups in total. The van der Waals surface area contributed by atoms with E-state index in [1.54, 1.807) is 13.2 Å². The minimum atomic E-state index is -0.117. The first-order valence-corrected chi connectivity index (χ1v) is 5.11. The van der Waals surface area contributed by atoms with E-state index in [0.717, 1.165) is 0 Å². The van der Waals surface area contributed by atoms with Gasteiger partial charge >= 0.3 is 6.01 Å². The van der Waals surface area contributed by atoms with Gasteiger partial charge in [-0.3, -0.25) is 5.41 Å². The van der Waals surface area contributed by atoms with Crippen molar-refractivity contribution in [3.8, 4) is 6.01 Å². The van der Waals surface area contributed by atoms with Gasteiger partial charge < -0.3 is 19.9 Å². The molecule has 0 saturated carbocycles. The fourth-order valence-electron chi connectivity index (χ4n) is 0.997. The minimum absolute atomic E-state index is 0.117. The van der Waals surface area contributed by atoms with Crippen LogP contribution in [-0.4, -0.2) is 49.3 Å². The van der Waals surface area contributed by atoms with Crippen LogP contribution in [0.1, 0.15) is 5.69 Å². The Balaban J connectivity index is 2.27. The van der Waals surface area contributed by atoms with Gasteiger partial charge in [-0.25, -0.2) is 4.98 Å². The van der Waals surface area contributed by atoms with Crippen LogP contribution in [0.4, 0.5) is 0 Å². The van der Waals surface area contributed by atoms with Crippen LogP contribution in [0, 0.1) is 5.41 Å². The quantitative estimate of drug-likeness (QED) is 0.370. The highest BCUT2D eigenvalue weighted by Gasteiger charge is 2.02. The normalized spacial score (nSPS) is 10.2. The zero-order valence-electron chi connectivity index (χ0n) is 9.68. The van der Waals surface area contributed by atoms with E-state index in [4.69, 9.17) is 25.4 Å². The van der Waals surface area contributed by atoms with E-state index in [1.807, 2.05) is 0 Å². The zero-order chi connectivity index (χ0) is 12.5. The van der Waals surface area contributed by atoms with E-state index in [2.05, 4.69) is 9.97 Å². The molecule has 7 heteroatoms. The van der Waals surface area contributed by atoms with Crippen molar-refractivity contribution in [2.75, 3.05) is 33.5 Å². The molecule has 1 heterocycles. The fourth-order valence-corrected chi connectivity index (χ4v) is 0.997. The maximum absolute atomic E-state index is 7.21. The van der Waals surface area contributed by atoms with Crippen LogP contribution in [0.5, 0.6) is 6.01 Å². The number of nitrogen functional groups attached to an aromatic ring is 1. The molecule has 17 heavy (non-hydrogen) atoms. The molecule has 0 bridgehead atoms. The van der Waals surface area contributed by atoms with Crippen LogP contribution in [0.15, 0.2) is 12.3 Å². The second-order valence-corrected chi connectivity index (χ2v) is 3.09. The lowest BCUT2D eigenvalue weighted by Crippen LogP contribution is -2.15. The summed E-state index contributed by atoms with van der Waals surface area (Å²) in [4.78, 5) is 7.83. The van der Waals surface area contributed by atoms with E-state index in [9.17, 15) is 0 Å². The molecule has 0 aliphatic rings. The van der Waals surface area contributed by atoms with E-state index >= 15 is 0 Å². The first kappa shape index (κ1) is 13.3. The Hall–Kier alpha value is -1.73. The zero-order valence-corrected chi connectivity index (χ0v) is 9.68. The van der Waals surface area contributed by atoms with Crippen LogP contribution in [0.3, 0.4) is 0 Å². The number of amidine groups is 1. The lowest BCUT2D eigenvalue weighted by atomic mass is 10.4. The summed E-state index contributed by atoms with van der Waals surface area (Å²) in [6.07, 6.45) is 1.49. The third kappa shape index (κ3) is 5.23. The summed E-state index contributed by atoms with van der Waals surface area (Å²) in [5.74, 6) is -0.117. The Morgan fingerprint density at radius 3 is 2.82 bits per heavy atom. The second kappa shape index (κ2) is 7.53. The number of nitrogens with two attached hydrogens (primary N) is 1. The third-order valence-corrected chi connectivity index (χ3v) is 1.80. The molecule has 1 aromatic rings. The largest absolute Gasteiger partial charge is 0.461 e. The summed E-state index contributed by atoms with van der Waals surface area (Å²) >= 11 is 0. The van der Waals surface area contributed by atoms with Crippen molar-refractivity contribution in [3.05, 3.63) is 18.0 Å². The van der Waals surface area contributed by atoms with Gasteiger partial charge in [0.15, 0.2) is 0 Å². The van der Waals surface area contributed by atoms with Gasteiger partial charge in [0.05, 0.1) is 19.8 Å². The molecule has 0 fully saturated rings. The highest BCUT2D eigenvalue weighted by atomic mass is 16.5. The monoisotopic (exact) mass is 240 g/mol. The van der Waals surface area contributed by atoms with Crippen molar-refractivity contribution >= 4 is 5.84 Å². The molecule has 7 nitrogen and oxygen atoms in total. The predicted molar refractivity (Wildman–Crippen MR) is 61.2 cm³/mol. The Morgan fingerprint density at radius 1 is 1.35 bits per heavy atom. The predicted octanol–water partition coefficient (Wildman–Crippen LogP) is -0.198. The summed E-state index contributed by atoms with van der Waals surface area (Å²) in [6, 6.07) is 1.73. The minimum Gasteiger partial charge on any atom is -0.461 e. The topological polar surface area (TPSA) is 103 Å². The first-order valence-electron chi connectivity index (χ1n) is 5.11. The smallest absolute Gasteiger partial charge is 0.317 e. The van der Waals surface area contributed by atoms with Crippen molar-refractivity contribution in [2.24, 2.45) is 5.73 Å². The van der Waals surface area contributed by atoms with Crippen molar-refractivity contribution in [2.45, 2.75) is 0 Å². The van der Waals surface area contributed by atoms with Gasteiger partial charge in [-0.2, -0.15) is 4.98 Å². The van der Waals surface area contributed by atoms with Gasteiger partial charge in [-0.05, 0) is 6.07 Å². The van der Waals surface area contributed by atoms with E-state index < -0.39 is 0 Å². The SMILES string of the molecule is COCCOCCOc1nccc(C(=N)N)n1. The maximum Gasteiger partial charge on any atom is 0.317 e. The highest BCUT2D eigenvalue weighted by Crippen LogP contribution is 2.02. The van der Waals surface area contributed by atoms with Crippen LogP contribution in [0.2, 0.25) is 0 Å². The lowest BCUT2D eigenvalue weighted by molar-refractivity contribution is 0.0528. The van der Waals surface area contributed by atoms with Gasteiger partial charge in [0.2, 0.25) is 0 Å². The van der Waals surface area contributed by atoms with E-state index in [-0.39, 0.29) is 11.8 Å². The average Bonchev–Trinajstić information content (AvgIpc) is 2.34. The summed E-state index contributed by atoms with van der Waals surface area (Å²) in [5, 5.41) is 7.21. The molecule has 0 aliphatic carbocycles. The summed E-state index contributed by atoms with van der Waals surface area (Å²) in [5.41, 5.74) is 5.63. The van der Waals surface area contributed by atoms with Crippen LogP contribution < -0.4 is 10.5 Å². The number of hydrogen-bond acceptors (Lipinski definition) is 6. The average molecular weight is 240 g/mol. The highest BCUT2D eigenvalue weighted by molar-refractivity contribution is 5.92. The van der Waals surface area contributed by atoms with Crippen LogP contribution in [-0.2, 0) is 9.47 Å². The van der Waals surface area contributed by atoms with E-state index in [0.29, 0.717) is 32.1 Å². The molecule has 0 atom stereocenters. The van der Waals surface area contributed by atoms with Crippen molar-refractivity contribution in [1.82, 2.24) is 9.97 Å². The van der Waals surface area contributed by atoms with Crippen molar-refractivity contribution in [1.29, 1.82) is 5.41 Å². The summed E-state index contributed by atoms with van der Waals surface area (Å²) in [7, 11) is 1.61. The molecule has 0 unspecified atom stereocenters. The number of nitrogens with zero attached hydrogens (tertiary/aromatic N) is 2. The van der Waals surface area contributed by atoms with Gasteiger partial charge in [0.25, 0.3) is 0 Å². The fraction of sp³-hybridized carbons (Fsp3) is 0.500. The number of rotatable bonds is 8. The molecule has 0 saturated heterocycles. The second-order valence-electron chi connectivity index (χ2n) is 3.09. The van der Waals surface area contributed by atoms with Gasteiger partial charge in [-0.15, -0.1) is 0 Å². The first-order chi connectivity index (χ1) is 8.24. The van der Waals surface area contributed by atoms with Crippen molar-refractivity contribution in [3.63, 3.8) is 0 Å². The number of methoxy groups -OCH3 is 1. The Kier molecular flexibility index (Phi) is 5.91. The molecule has 0 aromatic carbocycles. The van der Waals surface area contributed by atoms with E-state index in [1.165, 1.54) is 6.20 Å². The Morgan fingerprint density at radius 2 is 2.12 bits per heavy atom. The van der Waals surface area contributed by atoms with Gasteiger partial charge in [-0.1, -0.05) is 0 Å². The summed E-state index contributed by atoms with van der Waals surface area (Å²) in [6.45, 7) is 1.84. The molecule has 0 spiro atoms. The lowest BCUT2D eigenvalue weighted by Gasteiger charge is -2.06. The van der Waals surface area contributed by atoms with Crippen molar-refractivity contribution < 1.29 is 14.2 Å². The standard InChI is InChI=1S/C10H16N4O3/c1-15-4-5-16-6-7-17-10-13-3-2-8(14-10)9(11)12/h2-3H,4-7H2,1H3,(H3,11,12). The Bertz CT molecular complexity index is 359. The number of ether oxygens (including phenoxy) is 3. The van der Waals surface area contributed by atoms with Gasteiger partial charge in [0, 0.05) is 13.3 Å². The number of nitrogens with one attached hydrogen (secondary N) is 1. The van der Waals surface area contributed by atoms with Crippen LogP contribution in [0.25, 0.3) is 0 Å². The molecule has 0 amide bonds. The maximum atomic E-state index is 7.21. The number of hydrogen-bond donors (Lipinski definition) is 2. The van der Waals surface area contributed by atoms with Crippen LogP contribution >= 0.6 is 0 Å². The molecular weight excluding hydrogens is 224 g/mol. The summed E-state index contributed by atoms with van der Waals surface area (Å²) < 4.78 is 15.3. The number of aromatic nitrogens is 2. The molecule has 1 aromatic heterocycles. The molecule has 94 valence electrons.